The Balaban J connectivity index is 2.46. The Morgan fingerprint density at radius 2 is 1.94 bits per heavy atom. The molecule has 0 saturated heterocycles. The number of nitrogens with zero attached hydrogens (tertiary/aromatic N) is 3. The molecule has 0 unspecified atom stereocenters. The third-order valence-electron chi connectivity index (χ3n) is 2.15. The molecule has 0 aliphatic rings. The summed E-state index contributed by atoms with van der Waals surface area (Å²) in [7, 11) is 0. The topological polar surface area (TPSA) is 119 Å². The molecule has 2 aromatic rings. The minimum Gasteiger partial charge on any atom is -0.382 e. The van der Waals surface area contributed by atoms with Gasteiger partial charge in [-0.15, -0.1) is 4.91 Å². The zero-order valence-electron chi connectivity index (χ0n) is 9.09. The molecule has 0 aliphatic carbocycles. The van der Waals surface area contributed by atoms with E-state index in [-0.39, 0.29) is 23.3 Å². The Kier molecular flexibility index (Phi) is 3.24. The number of nitrogens with two attached hydrogens (primary N) is 2. The summed E-state index contributed by atoms with van der Waals surface area (Å²) in [5.74, 6) is -0.0374. The van der Waals surface area contributed by atoms with Crippen LogP contribution in [-0.4, -0.2) is 9.97 Å². The van der Waals surface area contributed by atoms with Gasteiger partial charge in [-0.3, -0.25) is 0 Å². The van der Waals surface area contributed by atoms with Crippen LogP contribution >= 0.6 is 11.6 Å². The predicted molar refractivity (Wildman–Crippen MR) is 71.0 cm³/mol. The summed E-state index contributed by atoms with van der Waals surface area (Å²) in [4.78, 5) is 18.2. The van der Waals surface area contributed by atoms with Crippen LogP contribution in [0.5, 0.6) is 0 Å². The average Bonchev–Trinajstić information content (AvgIpc) is 2.31. The maximum absolute atomic E-state index is 10.7. The second kappa shape index (κ2) is 4.84. The van der Waals surface area contributed by atoms with Crippen molar-refractivity contribution in [1.29, 1.82) is 0 Å². The summed E-state index contributed by atoms with van der Waals surface area (Å²) in [5.41, 5.74) is 11.4. The van der Waals surface area contributed by atoms with Crippen molar-refractivity contribution in [3.05, 3.63) is 34.2 Å². The maximum atomic E-state index is 10.7. The van der Waals surface area contributed by atoms with Crippen LogP contribution in [-0.2, 0) is 0 Å². The van der Waals surface area contributed by atoms with Gasteiger partial charge in [0.1, 0.15) is 0 Å². The highest BCUT2D eigenvalue weighted by atomic mass is 35.5. The van der Waals surface area contributed by atoms with Crippen LogP contribution in [0.1, 0.15) is 0 Å². The molecule has 0 atom stereocenters. The fourth-order valence-electron chi connectivity index (χ4n) is 1.36. The molecule has 2 rings (SSSR count). The summed E-state index contributed by atoms with van der Waals surface area (Å²) in [6.45, 7) is 0. The van der Waals surface area contributed by atoms with Crippen molar-refractivity contribution in [2.45, 2.75) is 0 Å². The molecule has 0 radical (unpaired) electrons. The van der Waals surface area contributed by atoms with E-state index in [9.17, 15) is 4.91 Å². The number of nitrogens with one attached hydrogen (secondary N) is 1. The lowest BCUT2D eigenvalue weighted by atomic mass is 10.3. The number of halogens is 1. The van der Waals surface area contributed by atoms with E-state index in [4.69, 9.17) is 23.1 Å². The lowest BCUT2D eigenvalue weighted by Crippen LogP contribution is -2.04. The van der Waals surface area contributed by atoms with Gasteiger partial charge >= 0.3 is 0 Å². The van der Waals surface area contributed by atoms with Crippen molar-refractivity contribution in [2.75, 3.05) is 16.8 Å². The molecule has 0 bridgehead atoms. The van der Waals surface area contributed by atoms with Gasteiger partial charge in [-0.2, -0.15) is 9.97 Å². The number of hydrogen-bond donors (Lipinski definition) is 3. The van der Waals surface area contributed by atoms with Crippen molar-refractivity contribution < 1.29 is 0 Å². The summed E-state index contributed by atoms with van der Waals surface area (Å²) in [5, 5.41) is 6.08. The second-order valence-electron chi connectivity index (χ2n) is 3.36. The van der Waals surface area contributed by atoms with Gasteiger partial charge in [0, 0.05) is 0 Å². The predicted octanol–water partition coefficient (Wildman–Crippen LogP) is 2.44. The lowest BCUT2D eigenvalue weighted by Gasteiger charge is -2.09. The van der Waals surface area contributed by atoms with Crippen LogP contribution in [0.2, 0.25) is 5.02 Å². The summed E-state index contributed by atoms with van der Waals surface area (Å²) in [6, 6.07) is 6.95. The van der Waals surface area contributed by atoms with Crippen LogP contribution < -0.4 is 16.8 Å². The highest BCUT2D eigenvalue weighted by molar-refractivity contribution is 6.33. The van der Waals surface area contributed by atoms with Gasteiger partial charge in [-0.1, -0.05) is 23.7 Å². The van der Waals surface area contributed by atoms with E-state index >= 15 is 0 Å². The third kappa shape index (κ3) is 2.30. The van der Waals surface area contributed by atoms with E-state index in [2.05, 4.69) is 20.5 Å². The molecule has 1 aromatic carbocycles. The first-order chi connectivity index (χ1) is 8.61. The number of aromatic nitrogens is 2. The van der Waals surface area contributed by atoms with Crippen molar-refractivity contribution >= 4 is 40.6 Å². The van der Waals surface area contributed by atoms with Crippen LogP contribution in [0.15, 0.2) is 29.4 Å². The van der Waals surface area contributed by atoms with E-state index < -0.39 is 0 Å². The van der Waals surface area contributed by atoms with Crippen molar-refractivity contribution in [3.8, 4) is 0 Å². The van der Waals surface area contributed by atoms with Crippen LogP contribution in [0.25, 0.3) is 0 Å². The van der Waals surface area contributed by atoms with E-state index in [1.54, 1.807) is 24.3 Å². The summed E-state index contributed by atoms with van der Waals surface area (Å²) in [6.07, 6.45) is 0. The lowest BCUT2D eigenvalue weighted by molar-refractivity contribution is 1.18. The molecule has 92 valence electrons. The largest absolute Gasteiger partial charge is 0.382 e. The van der Waals surface area contributed by atoms with Gasteiger partial charge in [0.15, 0.2) is 17.3 Å². The molecule has 5 N–H and O–H groups in total. The first-order valence-corrected chi connectivity index (χ1v) is 5.27. The van der Waals surface area contributed by atoms with E-state index in [0.717, 1.165) is 0 Å². The third-order valence-corrected chi connectivity index (χ3v) is 2.48. The van der Waals surface area contributed by atoms with E-state index in [0.29, 0.717) is 10.7 Å². The number of rotatable bonds is 3. The van der Waals surface area contributed by atoms with Gasteiger partial charge < -0.3 is 16.8 Å². The summed E-state index contributed by atoms with van der Waals surface area (Å²) >= 11 is 5.97. The van der Waals surface area contributed by atoms with E-state index in [1.165, 1.54) is 0 Å². The van der Waals surface area contributed by atoms with Gasteiger partial charge in [-0.25, -0.2) is 0 Å². The second-order valence-corrected chi connectivity index (χ2v) is 3.77. The molecule has 0 saturated carbocycles. The Hall–Kier alpha value is -2.41. The highest BCUT2D eigenvalue weighted by Gasteiger charge is 2.13. The Bertz CT molecular complexity index is 603. The Morgan fingerprint density at radius 1 is 1.22 bits per heavy atom. The van der Waals surface area contributed by atoms with Crippen LogP contribution in [0.4, 0.5) is 29.0 Å². The fourth-order valence-corrected chi connectivity index (χ4v) is 1.54. The first-order valence-electron chi connectivity index (χ1n) is 4.89. The number of benzene rings is 1. The number of anilines is 4. The molecule has 0 fully saturated rings. The summed E-state index contributed by atoms with van der Waals surface area (Å²) < 4.78 is 0. The fraction of sp³-hybridized carbons (Fsp3) is 0. The zero-order valence-corrected chi connectivity index (χ0v) is 9.85. The highest BCUT2D eigenvalue weighted by Crippen LogP contribution is 2.33. The normalized spacial score (nSPS) is 10.1. The standard InChI is InChI=1S/C10H9ClN6O/c11-5-3-1-2-4-6(5)14-9-7(17-18)8(12)15-10(13)16-9/h1-4H,(H5,12,13,14,15,16). The molecule has 7 nitrogen and oxygen atoms in total. The Labute approximate surface area is 107 Å². The average molecular weight is 265 g/mol. The monoisotopic (exact) mass is 264 g/mol. The minimum absolute atomic E-state index is 0.0607. The van der Waals surface area contributed by atoms with Crippen LogP contribution in [0, 0.1) is 4.91 Å². The van der Waals surface area contributed by atoms with Crippen molar-refractivity contribution in [3.63, 3.8) is 0 Å². The minimum atomic E-state index is -0.107. The van der Waals surface area contributed by atoms with E-state index in [1.807, 2.05) is 0 Å². The van der Waals surface area contributed by atoms with Crippen molar-refractivity contribution in [2.24, 2.45) is 5.18 Å². The van der Waals surface area contributed by atoms with Crippen molar-refractivity contribution in [1.82, 2.24) is 9.97 Å². The maximum Gasteiger partial charge on any atom is 0.224 e. The molecule has 18 heavy (non-hydrogen) atoms. The molecule has 1 heterocycles. The molecular weight excluding hydrogens is 256 g/mol. The molecule has 0 spiro atoms. The van der Waals surface area contributed by atoms with Gasteiger partial charge in [0.2, 0.25) is 5.95 Å². The molecule has 1 aromatic heterocycles. The van der Waals surface area contributed by atoms with Gasteiger partial charge in [0.25, 0.3) is 0 Å². The molecule has 0 amide bonds. The smallest absolute Gasteiger partial charge is 0.224 e. The molecule has 8 heteroatoms. The van der Waals surface area contributed by atoms with Crippen LogP contribution in [0.3, 0.4) is 0 Å². The Morgan fingerprint density at radius 3 is 2.61 bits per heavy atom. The number of nitrogen functional groups attached to an aromatic ring is 2. The number of nitroso groups, excluding NO2 is 1. The molecular formula is C10H9ClN6O. The SMILES string of the molecule is Nc1nc(N)c(N=O)c(Nc2ccccc2Cl)n1. The number of hydrogen-bond acceptors (Lipinski definition) is 7. The van der Waals surface area contributed by atoms with Gasteiger partial charge in [-0.05, 0) is 17.3 Å². The zero-order chi connectivity index (χ0) is 13.1. The first kappa shape index (κ1) is 12.1. The quantitative estimate of drug-likeness (QED) is 0.733. The number of para-hydroxylation sites is 1. The molecule has 0 aliphatic heterocycles. The van der Waals surface area contributed by atoms with Gasteiger partial charge in [0.05, 0.1) is 10.7 Å².